The van der Waals surface area contributed by atoms with E-state index in [-0.39, 0.29) is 13.1 Å². The van der Waals surface area contributed by atoms with Crippen LogP contribution in [0.1, 0.15) is 24.0 Å². The van der Waals surface area contributed by atoms with Crippen LogP contribution in [0.15, 0.2) is 24.3 Å². The van der Waals surface area contributed by atoms with Crippen molar-refractivity contribution >= 4 is 5.97 Å². The van der Waals surface area contributed by atoms with Gasteiger partial charge in [-0.2, -0.15) is 0 Å². The van der Waals surface area contributed by atoms with Crippen LogP contribution in [0.3, 0.4) is 0 Å². The molecular formula is C12H15FO2. The van der Waals surface area contributed by atoms with E-state index in [0.717, 1.165) is 24.0 Å². The van der Waals surface area contributed by atoms with Crippen LogP contribution in [0, 0.1) is 0 Å². The molecule has 0 aliphatic rings. The number of aryl methyl sites for hydroxylation is 1. The zero-order valence-corrected chi connectivity index (χ0v) is 8.58. The first-order valence-corrected chi connectivity index (χ1v) is 5.08. The Hall–Kier alpha value is -1.38. The Morgan fingerprint density at radius 1 is 1.20 bits per heavy atom. The first-order chi connectivity index (χ1) is 7.24. The van der Waals surface area contributed by atoms with E-state index < -0.39 is 5.97 Å². The quantitative estimate of drug-likeness (QED) is 0.733. The SMILES string of the molecule is O=C(O)Cc1ccccc1CCCCF. The van der Waals surface area contributed by atoms with Crippen LogP contribution >= 0.6 is 0 Å². The lowest BCUT2D eigenvalue weighted by atomic mass is 10.00. The first-order valence-electron chi connectivity index (χ1n) is 5.08. The van der Waals surface area contributed by atoms with Gasteiger partial charge in [-0.05, 0) is 30.4 Å². The second-order valence-corrected chi connectivity index (χ2v) is 3.49. The molecule has 0 bridgehead atoms. The van der Waals surface area contributed by atoms with Crippen molar-refractivity contribution in [2.24, 2.45) is 0 Å². The van der Waals surface area contributed by atoms with Crippen molar-refractivity contribution in [3.63, 3.8) is 0 Å². The van der Waals surface area contributed by atoms with Gasteiger partial charge in [-0.15, -0.1) is 0 Å². The number of carboxylic acids is 1. The molecule has 0 aromatic heterocycles. The summed E-state index contributed by atoms with van der Waals surface area (Å²) in [6, 6.07) is 7.45. The minimum absolute atomic E-state index is 0.0474. The molecule has 0 aliphatic carbocycles. The number of carbonyl (C=O) groups is 1. The van der Waals surface area contributed by atoms with Gasteiger partial charge in [0.2, 0.25) is 0 Å². The van der Waals surface area contributed by atoms with E-state index in [1.165, 1.54) is 0 Å². The summed E-state index contributed by atoms with van der Waals surface area (Å²) in [7, 11) is 0. The molecule has 0 saturated heterocycles. The summed E-state index contributed by atoms with van der Waals surface area (Å²) < 4.78 is 11.9. The lowest BCUT2D eigenvalue weighted by molar-refractivity contribution is -0.136. The standard InChI is InChI=1S/C12H15FO2/c13-8-4-3-6-10-5-1-2-7-11(10)9-12(14)15/h1-2,5,7H,3-4,6,8-9H2,(H,14,15). The molecule has 1 aromatic rings. The first kappa shape index (κ1) is 11.7. The molecule has 0 spiro atoms. The molecule has 1 aromatic carbocycles. The highest BCUT2D eigenvalue weighted by Crippen LogP contribution is 2.12. The fourth-order valence-corrected chi connectivity index (χ4v) is 1.55. The van der Waals surface area contributed by atoms with E-state index in [4.69, 9.17) is 5.11 Å². The minimum atomic E-state index is -0.826. The second kappa shape index (κ2) is 6.17. The Morgan fingerprint density at radius 3 is 2.47 bits per heavy atom. The van der Waals surface area contributed by atoms with E-state index in [1.807, 2.05) is 24.3 Å². The van der Waals surface area contributed by atoms with Gasteiger partial charge < -0.3 is 5.11 Å². The molecular weight excluding hydrogens is 195 g/mol. The Balaban J connectivity index is 2.64. The van der Waals surface area contributed by atoms with Crippen LogP contribution in [-0.2, 0) is 17.6 Å². The Labute approximate surface area is 88.7 Å². The number of aliphatic carboxylic acids is 1. The van der Waals surface area contributed by atoms with E-state index in [2.05, 4.69) is 0 Å². The normalized spacial score (nSPS) is 10.2. The van der Waals surface area contributed by atoms with Gasteiger partial charge in [0.05, 0.1) is 13.1 Å². The zero-order valence-electron chi connectivity index (χ0n) is 8.58. The molecule has 2 nitrogen and oxygen atoms in total. The van der Waals surface area contributed by atoms with E-state index in [0.29, 0.717) is 6.42 Å². The van der Waals surface area contributed by atoms with Gasteiger partial charge in [0.25, 0.3) is 0 Å². The lowest BCUT2D eigenvalue weighted by Gasteiger charge is -2.06. The van der Waals surface area contributed by atoms with Crippen molar-refractivity contribution < 1.29 is 14.3 Å². The van der Waals surface area contributed by atoms with Crippen LogP contribution in [0.2, 0.25) is 0 Å². The highest BCUT2D eigenvalue weighted by molar-refractivity contribution is 5.70. The van der Waals surface area contributed by atoms with Crippen molar-refractivity contribution in [3.8, 4) is 0 Å². The number of hydrogen-bond acceptors (Lipinski definition) is 1. The topological polar surface area (TPSA) is 37.3 Å². The predicted octanol–water partition coefficient (Wildman–Crippen LogP) is 2.61. The monoisotopic (exact) mass is 210 g/mol. The fourth-order valence-electron chi connectivity index (χ4n) is 1.55. The lowest BCUT2D eigenvalue weighted by Crippen LogP contribution is -2.03. The van der Waals surface area contributed by atoms with Gasteiger partial charge in [-0.1, -0.05) is 24.3 Å². The molecule has 3 heteroatoms. The molecule has 0 fully saturated rings. The smallest absolute Gasteiger partial charge is 0.307 e. The second-order valence-electron chi connectivity index (χ2n) is 3.49. The van der Waals surface area contributed by atoms with E-state index in [9.17, 15) is 9.18 Å². The number of hydrogen-bond donors (Lipinski definition) is 1. The number of rotatable bonds is 6. The summed E-state index contributed by atoms with van der Waals surface area (Å²) >= 11 is 0. The van der Waals surface area contributed by atoms with Gasteiger partial charge in [0.15, 0.2) is 0 Å². The molecule has 0 amide bonds. The maximum Gasteiger partial charge on any atom is 0.307 e. The van der Waals surface area contributed by atoms with E-state index in [1.54, 1.807) is 0 Å². The highest BCUT2D eigenvalue weighted by atomic mass is 19.1. The third-order valence-corrected chi connectivity index (χ3v) is 2.29. The number of carboxylic acid groups (broad SMARTS) is 1. The Morgan fingerprint density at radius 2 is 1.87 bits per heavy atom. The zero-order chi connectivity index (χ0) is 11.1. The van der Waals surface area contributed by atoms with Crippen molar-refractivity contribution in [1.29, 1.82) is 0 Å². The number of alkyl halides is 1. The third kappa shape index (κ3) is 4.11. The van der Waals surface area contributed by atoms with Gasteiger partial charge in [-0.3, -0.25) is 9.18 Å². The molecule has 0 unspecified atom stereocenters. The van der Waals surface area contributed by atoms with Crippen LogP contribution in [0.5, 0.6) is 0 Å². The molecule has 15 heavy (non-hydrogen) atoms. The summed E-state index contributed by atoms with van der Waals surface area (Å²) in [5.41, 5.74) is 1.86. The van der Waals surface area contributed by atoms with Gasteiger partial charge in [0.1, 0.15) is 0 Å². The summed E-state index contributed by atoms with van der Waals surface area (Å²) in [5, 5.41) is 8.70. The summed E-state index contributed by atoms with van der Waals surface area (Å²) in [4.78, 5) is 10.6. The largest absolute Gasteiger partial charge is 0.481 e. The number of benzene rings is 1. The Kier molecular flexibility index (Phi) is 4.81. The van der Waals surface area contributed by atoms with Gasteiger partial charge in [-0.25, -0.2) is 0 Å². The average Bonchev–Trinajstić information content (AvgIpc) is 2.20. The van der Waals surface area contributed by atoms with Crippen molar-refractivity contribution in [2.75, 3.05) is 6.67 Å². The molecule has 0 atom stereocenters. The van der Waals surface area contributed by atoms with Crippen LogP contribution in [-0.4, -0.2) is 17.8 Å². The van der Waals surface area contributed by atoms with Crippen molar-refractivity contribution in [1.82, 2.24) is 0 Å². The fraction of sp³-hybridized carbons (Fsp3) is 0.417. The maximum atomic E-state index is 11.9. The molecule has 0 radical (unpaired) electrons. The molecule has 0 heterocycles. The molecule has 0 saturated carbocycles. The molecule has 1 N–H and O–H groups in total. The van der Waals surface area contributed by atoms with Crippen LogP contribution in [0.4, 0.5) is 4.39 Å². The molecule has 82 valence electrons. The molecule has 0 aliphatic heterocycles. The van der Waals surface area contributed by atoms with Gasteiger partial charge in [0, 0.05) is 0 Å². The van der Waals surface area contributed by atoms with Gasteiger partial charge >= 0.3 is 5.97 Å². The predicted molar refractivity (Wildman–Crippen MR) is 56.7 cm³/mol. The third-order valence-electron chi connectivity index (χ3n) is 2.29. The molecule has 1 rings (SSSR count). The maximum absolute atomic E-state index is 11.9. The number of halogens is 1. The Bertz CT molecular complexity index is 323. The minimum Gasteiger partial charge on any atom is -0.481 e. The number of unbranched alkanes of at least 4 members (excludes halogenated alkanes) is 1. The average molecular weight is 210 g/mol. The highest BCUT2D eigenvalue weighted by Gasteiger charge is 2.05. The summed E-state index contributed by atoms with van der Waals surface area (Å²) in [5.74, 6) is -0.826. The van der Waals surface area contributed by atoms with Crippen molar-refractivity contribution in [3.05, 3.63) is 35.4 Å². The van der Waals surface area contributed by atoms with E-state index >= 15 is 0 Å². The summed E-state index contributed by atoms with van der Waals surface area (Å²) in [6.07, 6.45) is 2.12. The van der Waals surface area contributed by atoms with Crippen molar-refractivity contribution in [2.45, 2.75) is 25.7 Å². The van der Waals surface area contributed by atoms with Crippen LogP contribution in [0.25, 0.3) is 0 Å². The summed E-state index contributed by atoms with van der Waals surface area (Å²) in [6.45, 7) is -0.304. The van der Waals surface area contributed by atoms with Crippen LogP contribution < -0.4 is 0 Å².